The molecule has 1 aromatic heterocycles. The number of rotatable bonds is 7. The predicted molar refractivity (Wildman–Crippen MR) is 78.6 cm³/mol. The van der Waals surface area contributed by atoms with Gasteiger partial charge in [-0.25, -0.2) is 0 Å². The second-order valence-electron chi connectivity index (χ2n) is 5.92. The monoisotopic (exact) mass is 253 g/mol. The SMILES string of the molecule is Cc1cscc1CNC(CC(C)C)CC(C)C. The van der Waals surface area contributed by atoms with Crippen LogP contribution in [0.4, 0.5) is 0 Å². The minimum Gasteiger partial charge on any atom is -0.310 e. The molecule has 2 heteroatoms. The van der Waals surface area contributed by atoms with Gasteiger partial charge in [0.25, 0.3) is 0 Å². The van der Waals surface area contributed by atoms with E-state index in [9.17, 15) is 0 Å². The van der Waals surface area contributed by atoms with E-state index >= 15 is 0 Å². The lowest BCUT2D eigenvalue weighted by Gasteiger charge is -2.22. The third kappa shape index (κ3) is 5.69. The van der Waals surface area contributed by atoms with Crippen molar-refractivity contribution in [2.45, 2.75) is 60.0 Å². The van der Waals surface area contributed by atoms with E-state index in [0.29, 0.717) is 6.04 Å². The molecular formula is C15H27NS. The van der Waals surface area contributed by atoms with Crippen LogP contribution in [0.15, 0.2) is 10.8 Å². The summed E-state index contributed by atoms with van der Waals surface area (Å²) in [5.74, 6) is 1.55. The van der Waals surface area contributed by atoms with E-state index in [1.54, 1.807) is 11.3 Å². The minimum atomic E-state index is 0.661. The Balaban J connectivity index is 2.45. The predicted octanol–water partition coefficient (Wildman–Crippen LogP) is 4.61. The summed E-state index contributed by atoms with van der Waals surface area (Å²) in [7, 11) is 0. The standard InChI is InChI=1S/C15H27NS/c1-11(2)6-15(7-12(3)4)16-8-14-10-17-9-13(14)5/h9-12,15-16H,6-8H2,1-5H3. The fraction of sp³-hybridized carbons (Fsp3) is 0.733. The molecule has 98 valence electrons. The van der Waals surface area contributed by atoms with Crippen molar-refractivity contribution in [3.63, 3.8) is 0 Å². The Morgan fingerprint density at radius 1 is 1.06 bits per heavy atom. The molecule has 0 saturated heterocycles. The van der Waals surface area contributed by atoms with Crippen LogP contribution in [-0.2, 0) is 6.54 Å². The van der Waals surface area contributed by atoms with Crippen molar-refractivity contribution in [1.82, 2.24) is 5.32 Å². The summed E-state index contributed by atoms with van der Waals surface area (Å²) in [6.07, 6.45) is 2.56. The van der Waals surface area contributed by atoms with Crippen LogP contribution in [0.3, 0.4) is 0 Å². The molecule has 17 heavy (non-hydrogen) atoms. The van der Waals surface area contributed by atoms with Gasteiger partial charge in [-0.05, 0) is 53.5 Å². The van der Waals surface area contributed by atoms with E-state index in [-0.39, 0.29) is 0 Å². The van der Waals surface area contributed by atoms with Crippen LogP contribution in [0, 0.1) is 18.8 Å². The van der Waals surface area contributed by atoms with Gasteiger partial charge in [0.1, 0.15) is 0 Å². The summed E-state index contributed by atoms with van der Waals surface area (Å²) in [5, 5.41) is 8.23. The van der Waals surface area contributed by atoms with Gasteiger partial charge in [0, 0.05) is 12.6 Å². The molecule has 0 spiro atoms. The first-order chi connectivity index (χ1) is 7.99. The van der Waals surface area contributed by atoms with Gasteiger partial charge in [-0.3, -0.25) is 0 Å². The lowest BCUT2D eigenvalue weighted by Crippen LogP contribution is -2.31. The zero-order valence-corrected chi connectivity index (χ0v) is 12.7. The first-order valence-electron chi connectivity index (χ1n) is 6.74. The van der Waals surface area contributed by atoms with E-state index in [0.717, 1.165) is 18.4 Å². The third-order valence-corrected chi connectivity index (χ3v) is 3.96. The Hall–Kier alpha value is -0.340. The largest absolute Gasteiger partial charge is 0.310 e. The molecule has 1 rings (SSSR count). The summed E-state index contributed by atoms with van der Waals surface area (Å²) < 4.78 is 0. The van der Waals surface area contributed by atoms with Crippen LogP contribution in [-0.4, -0.2) is 6.04 Å². The molecule has 1 nitrogen and oxygen atoms in total. The number of hydrogen-bond acceptors (Lipinski definition) is 2. The molecule has 0 radical (unpaired) electrons. The van der Waals surface area contributed by atoms with Crippen LogP contribution >= 0.6 is 11.3 Å². The fourth-order valence-electron chi connectivity index (χ4n) is 2.22. The van der Waals surface area contributed by atoms with Crippen molar-refractivity contribution >= 4 is 11.3 Å². The van der Waals surface area contributed by atoms with Crippen molar-refractivity contribution < 1.29 is 0 Å². The molecule has 0 atom stereocenters. The second-order valence-corrected chi connectivity index (χ2v) is 6.66. The van der Waals surface area contributed by atoms with Gasteiger partial charge in [0.2, 0.25) is 0 Å². The molecule has 0 bridgehead atoms. The van der Waals surface area contributed by atoms with Crippen molar-refractivity contribution in [3.8, 4) is 0 Å². The Morgan fingerprint density at radius 3 is 2.06 bits per heavy atom. The quantitative estimate of drug-likeness (QED) is 0.748. The molecule has 0 amide bonds. The molecule has 0 aliphatic carbocycles. The van der Waals surface area contributed by atoms with Gasteiger partial charge in [0.05, 0.1) is 0 Å². The number of thiophene rings is 1. The average molecular weight is 253 g/mol. The topological polar surface area (TPSA) is 12.0 Å². The summed E-state index contributed by atoms with van der Waals surface area (Å²) in [4.78, 5) is 0. The molecule has 1 heterocycles. The molecule has 0 aliphatic heterocycles. The zero-order valence-electron chi connectivity index (χ0n) is 11.9. The van der Waals surface area contributed by atoms with E-state index in [4.69, 9.17) is 0 Å². The van der Waals surface area contributed by atoms with Crippen molar-refractivity contribution in [1.29, 1.82) is 0 Å². The molecule has 0 aromatic carbocycles. The van der Waals surface area contributed by atoms with E-state index in [1.807, 2.05) is 0 Å². The summed E-state index contributed by atoms with van der Waals surface area (Å²) >= 11 is 1.81. The van der Waals surface area contributed by atoms with Crippen LogP contribution in [0.1, 0.15) is 51.7 Å². The maximum absolute atomic E-state index is 3.73. The van der Waals surface area contributed by atoms with Crippen molar-refractivity contribution in [2.75, 3.05) is 0 Å². The van der Waals surface area contributed by atoms with Gasteiger partial charge in [0.15, 0.2) is 0 Å². The normalized spacial score (nSPS) is 12.0. The second kappa shape index (κ2) is 7.17. The van der Waals surface area contributed by atoms with Crippen LogP contribution in [0.5, 0.6) is 0 Å². The average Bonchev–Trinajstić information content (AvgIpc) is 2.59. The highest BCUT2D eigenvalue weighted by atomic mass is 32.1. The molecule has 0 aliphatic rings. The van der Waals surface area contributed by atoms with Gasteiger partial charge >= 0.3 is 0 Å². The van der Waals surface area contributed by atoms with Crippen molar-refractivity contribution in [3.05, 3.63) is 21.9 Å². The molecule has 1 N–H and O–H groups in total. The Labute approximate surface area is 111 Å². The first kappa shape index (κ1) is 14.7. The molecule has 1 aromatic rings. The van der Waals surface area contributed by atoms with Gasteiger partial charge < -0.3 is 5.32 Å². The number of nitrogens with one attached hydrogen (secondary N) is 1. The van der Waals surface area contributed by atoms with Crippen molar-refractivity contribution in [2.24, 2.45) is 11.8 Å². The maximum atomic E-state index is 3.73. The number of aryl methyl sites for hydroxylation is 1. The highest BCUT2D eigenvalue weighted by Gasteiger charge is 2.12. The molecular weight excluding hydrogens is 226 g/mol. The first-order valence-corrected chi connectivity index (χ1v) is 7.68. The molecule has 0 saturated carbocycles. The smallest absolute Gasteiger partial charge is 0.0218 e. The molecule has 0 unspecified atom stereocenters. The fourth-order valence-corrected chi connectivity index (χ4v) is 3.08. The highest BCUT2D eigenvalue weighted by molar-refractivity contribution is 7.08. The van der Waals surface area contributed by atoms with Crippen LogP contribution in [0.25, 0.3) is 0 Å². The van der Waals surface area contributed by atoms with E-state index < -0.39 is 0 Å². The summed E-state index contributed by atoms with van der Waals surface area (Å²) in [6.45, 7) is 12.5. The van der Waals surface area contributed by atoms with Crippen LogP contribution in [0.2, 0.25) is 0 Å². The highest BCUT2D eigenvalue weighted by Crippen LogP contribution is 2.17. The van der Waals surface area contributed by atoms with Gasteiger partial charge in [-0.15, -0.1) is 0 Å². The molecule has 0 fully saturated rings. The lowest BCUT2D eigenvalue weighted by molar-refractivity contribution is 0.358. The Morgan fingerprint density at radius 2 is 1.65 bits per heavy atom. The van der Waals surface area contributed by atoms with Gasteiger partial charge in [-0.2, -0.15) is 11.3 Å². The van der Waals surface area contributed by atoms with E-state index in [2.05, 4.69) is 50.7 Å². The Kier molecular flexibility index (Phi) is 6.21. The minimum absolute atomic E-state index is 0.661. The van der Waals surface area contributed by atoms with Crippen LogP contribution < -0.4 is 5.32 Å². The Bertz CT molecular complexity index is 304. The number of hydrogen-bond donors (Lipinski definition) is 1. The van der Waals surface area contributed by atoms with Gasteiger partial charge in [-0.1, -0.05) is 27.7 Å². The van der Waals surface area contributed by atoms with E-state index in [1.165, 1.54) is 24.0 Å². The lowest BCUT2D eigenvalue weighted by atomic mass is 9.95. The summed E-state index contributed by atoms with van der Waals surface area (Å²) in [6, 6.07) is 0.661. The maximum Gasteiger partial charge on any atom is 0.0218 e. The zero-order chi connectivity index (χ0) is 12.8. The third-order valence-electron chi connectivity index (χ3n) is 3.05. The summed E-state index contributed by atoms with van der Waals surface area (Å²) in [5.41, 5.74) is 2.89.